The summed E-state index contributed by atoms with van der Waals surface area (Å²) in [6.45, 7) is 2.42. The smallest absolute Gasteiger partial charge is 0.543 e. The minimum Gasteiger partial charge on any atom is -0.543 e. The normalized spacial score (nSPS) is 20.9. The molecule has 23 heavy (non-hydrogen) atoms. The van der Waals surface area contributed by atoms with Crippen LogP contribution in [0.15, 0.2) is 22.6 Å². The van der Waals surface area contributed by atoms with E-state index >= 15 is 0 Å². The molecule has 11 heteroatoms. The minimum atomic E-state index is -1.24. The number of hydrogen-bond donors (Lipinski definition) is 2. The third kappa shape index (κ3) is 4.05. The first-order chi connectivity index (χ1) is 10.6. The maximum Gasteiger partial charge on any atom is 1.00 e. The van der Waals surface area contributed by atoms with E-state index in [0.29, 0.717) is 23.0 Å². The van der Waals surface area contributed by atoms with E-state index in [9.17, 15) is 14.7 Å². The van der Waals surface area contributed by atoms with Crippen molar-refractivity contribution < 1.29 is 44.3 Å². The molecular weight excluding hydrogens is 349 g/mol. The average molecular weight is 363 g/mol. The number of nitrogens with one attached hydrogen (secondary N) is 2. The van der Waals surface area contributed by atoms with Crippen LogP contribution in [0.5, 0.6) is 0 Å². The fourth-order valence-corrected chi connectivity index (χ4v) is 4.25. The molecule has 2 aliphatic heterocycles. The van der Waals surface area contributed by atoms with E-state index in [0.717, 1.165) is 6.42 Å². The van der Waals surface area contributed by atoms with E-state index in [1.807, 2.05) is 0 Å². The third-order valence-corrected chi connectivity index (χ3v) is 5.82. The number of thioether (sulfide) groups is 2. The number of rotatable bonds is 5. The number of amides is 1. The minimum absolute atomic E-state index is 0. The van der Waals surface area contributed by atoms with Gasteiger partial charge in [0.15, 0.2) is 0 Å². The molecule has 0 aromatic carbocycles. The van der Waals surface area contributed by atoms with Crippen molar-refractivity contribution in [2.24, 2.45) is 0 Å². The van der Waals surface area contributed by atoms with Crippen LogP contribution < -0.4 is 40.0 Å². The first-order valence-corrected chi connectivity index (χ1v) is 8.65. The van der Waals surface area contributed by atoms with Crippen molar-refractivity contribution in [3.63, 3.8) is 0 Å². The summed E-state index contributed by atoms with van der Waals surface area (Å²) in [5.41, 5.74) is 0.528. The van der Waals surface area contributed by atoms with Crippen molar-refractivity contribution in [3.05, 3.63) is 17.6 Å². The van der Waals surface area contributed by atoms with Crippen molar-refractivity contribution in [1.29, 1.82) is 0 Å². The van der Waals surface area contributed by atoms with Crippen molar-refractivity contribution in [1.82, 2.24) is 25.6 Å². The van der Waals surface area contributed by atoms with Crippen LogP contribution in [0.3, 0.4) is 0 Å². The van der Waals surface area contributed by atoms with Gasteiger partial charge in [0.25, 0.3) is 0 Å². The summed E-state index contributed by atoms with van der Waals surface area (Å²) in [5.74, 6) is -1.03. The largest absolute Gasteiger partial charge is 1.00 e. The molecule has 2 aliphatic rings. The molecule has 1 fully saturated rings. The van der Waals surface area contributed by atoms with Gasteiger partial charge < -0.3 is 20.1 Å². The molecule has 0 saturated carbocycles. The van der Waals surface area contributed by atoms with E-state index in [4.69, 9.17) is 0 Å². The van der Waals surface area contributed by atoms with E-state index in [2.05, 4.69) is 20.7 Å². The topological polar surface area (TPSA) is 114 Å². The second-order valence-corrected chi connectivity index (χ2v) is 7.45. The molecule has 2 atom stereocenters. The van der Waals surface area contributed by atoms with Crippen molar-refractivity contribution in [3.8, 4) is 0 Å². The summed E-state index contributed by atoms with van der Waals surface area (Å²) < 4.78 is 0. The van der Waals surface area contributed by atoms with Gasteiger partial charge in [0.05, 0.1) is 34.2 Å². The second-order valence-electron chi connectivity index (χ2n) is 4.92. The molecule has 8 nitrogen and oxygen atoms in total. The van der Waals surface area contributed by atoms with Crippen LogP contribution in [0.25, 0.3) is 0 Å². The number of H-pyrrole nitrogens is 1. The molecule has 0 aliphatic carbocycles. The molecule has 2 N–H and O–H groups in total. The molecule has 0 spiro atoms. The first kappa shape index (κ1) is 18.7. The molecule has 1 unspecified atom stereocenters. The number of hydrogen-bond acceptors (Lipinski definition) is 8. The molecule has 1 amide bonds. The van der Waals surface area contributed by atoms with Crippen LogP contribution in [-0.2, 0) is 9.59 Å². The maximum atomic E-state index is 12.2. The van der Waals surface area contributed by atoms with Gasteiger partial charge >= 0.3 is 29.6 Å². The fraction of sp³-hybridized carbons (Fsp3) is 0.500. The van der Waals surface area contributed by atoms with Gasteiger partial charge in [-0.25, -0.2) is 0 Å². The number of aromatic amines is 1. The second kappa shape index (κ2) is 7.93. The Hall–Kier alpha value is -0.680. The van der Waals surface area contributed by atoms with Gasteiger partial charge in [-0.3, -0.25) is 4.79 Å². The summed E-state index contributed by atoms with van der Waals surface area (Å²) in [5, 5.41) is 24.5. The molecule has 1 aromatic rings. The molecule has 0 radical (unpaired) electrons. The number of aliphatic carboxylic acids is 1. The summed E-state index contributed by atoms with van der Waals surface area (Å²) in [6, 6.07) is 0. The Balaban J connectivity index is 0.00000192. The Morgan fingerprint density at radius 1 is 1.61 bits per heavy atom. The van der Waals surface area contributed by atoms with Crippen molar-refractivity contribution in [2.75, 3.05) is 12.3 Å². The van der Waals surface area contributed by atoms with Crippen LogP contribution >= 0.6 is 23.5 Å². The third-order valence-electron chi connectivity index (χ3n) is 3.48. The number of carboxylic acids is 1. The number of carboxylic acid groups (broad SMARTS) is 1. The van der Waals surface area contributed by atoms with Crippen molar-refractivity contribution >= 4 is 35.4 Å². The number of fused-ring (bicyclic) bond motifs is 1. The zero-order valence-electron chi connectivity index (χ0n) is 12.7. The maximum absolute atomic E-state index is 12.2. The standard InChI is InChI=1S/C12H15N5O3S2.Na/c1-6(22-8-4-13-16-15-8)11(18)14-7-5-21-9-2-3-17(9)10(7)12(19)20;/h4,6,9H,2-3,5H2,1H3,(H,14,18)(H,19,20)(H,13,15,16);/q;+1/p-1/t6-,9?;/m0./s1. The van der Waals surface area contributed by atoms with Gasteiger partial charge in [0.2, 0.25) is 5.91 Å². The predicted molar refractivity (Wildman–Crippen MR) is 79.4 cm³/mol. The molecule has 0 bridgehead atoms. The fourth-order valence-electron chi connectivity index (χ4n) is 2.28. The Labute approximate surface area is 163 Å². The van der Waals surface area contributed by atoms with Crippen LogP contribution in [0, 0.1) is 0 Å². The van der Waals surface area contributed by atoms with Crippen LogP contribution in [-0.4, -0.2) is 55.1 Å². The summed E-state index contributed by atoms with van der Waals surface area (Å²) in [7, 11) is 0. The molecule has 3 rings (SSSR count). The van der Waals surface area contributed by atoms with Gasteiger partial charge in [-0.05, 0) is 13.3 Å². The van der Waals surface area contributed by atoms with Crippen LogP contribution in [0.1, 0.15) is 13.3 Å². The van der Waals surface area contributed by atoms with E-state index in [1.165, 1.54) is 18.0 Å². The number of nitrogens with zero attached hydrogens (tertiary/aromatic N) is 3. The number of aromatic nitrogens is 3. The molecule has 118 valence electrons. The van der Waals surface area contributed by atoms with Gasteiger partial charge in [0, 0.05) is 12.3 Å². The van der Waals surface area contributed by atoms with E-state index in [1.54, 1.807) is 23.6 Å². The molecule has 3 heterocycles. The Bertz CT molecular complexity index is 624. The average Bonchev–Trinajstić information content (AvgIpc) is 2.93. The molecular formula is C12H14N5NaO3S2. The van der Waals surface area contributed by atoms with Gasteiger partial charge in [-0.15, -0.1) is 16.9 Å². The van der Waals surface area contributed by atoms with Gasteiger partial charge in [0.1, 0.15) is 5.03 Å². The van der Waals surface area contributed by atoms with E-state index in [-0.39, 0.29) is 46.5 Å². The zero-order valence-corrected chi connectivity index (χ0v) is 16.4. The summed E-state index contributed by atoms with van der Waals surface area (Å²) >= 11 is 2.88. The van der Waals surface area contributed by atoms with Crippen molar-refractivity contribution in [2.45, 2.75) is 29.0 Å². The Kier molecular flexibility index (Phi) is 6.43. The van der Waals surface area contributed by atoms with Crippen LogP contribution in [0.2, 0.25) is 0 Å². The monoisotopic (exact) mass is 363 g/mol. The molecule has 1 aromatic heterocycles. The SMILES string of the molecule is C[C@H](Sc1cn[nH]n1)C(=O)NC1=C(C(=O)[O-])N2CCC2SC1.[Na+]. The number of carbonyl (C=O) groups excluding carboxylic acids is 2. The predicted octanol–water partition coefficient (Wildman–Crippen LogP) is -3.85. The van der Waals surface area contributed by atoms with E-state index < -0.39 is 11.2 Å². The van der Waals surface area contributed by atoms with Crippen LogP contribution in [0.4, 0.5) is 0 Å². The number of carbonyl (C=O) groups is 2. The summed E-state index contributed by atoms with van der Waals surface area (Å²) in [4.78, 5) is 25.4. The molecule has 1 saturated heterocycles. The Morgan fingerprint density at radius 3 is 2.96 bits per heavy atom. The Morgan fingerprint density at radius 2 is 2.39 bits per heavy atom. The zero-order chi connectivity index (χ0) is 15.7. The van der Waals surface area contributed by atoms with Gasteiger partial charge in [-0.1, -0.05) is 11.8 Å². The quantitative estimate of drug-likeness (QED) is 0.404. The first-order valence-electron chi connectivity index (χ1n) is 6.72. The van der Waals surface area contributed by atoms with Gasteiger partial charge in [-0.2, -0.15) is 10.3 Å². The summed E-state index contributed by atoms with van der Waals surface area (Å²) in [6.07, 6.45) is 2.49.